The van der Waals surface area contributed by atoms with Crippen molar-refractivity contribution < 1.29 is 14.3 Å². The van der Waals surface area contributed by atoms with Crippen LogP contribution in [-0.4, -0.2) is 17.2 Å². The van der Waals surface area contributed by atoms with Crippen LogP contribution in [-0.2, 0) is 6.54 Å². The van der Waals surface area contributed by atoms with E-state index < -0.39 is 5.82 Å². The summed E-state index contributed by atoms with van der Waals surface area (Å²) in [6.45, 7) is 0.0487. The maximum Gasteiger partial charge on any atom is 0.319 e. The standard InChI is InChI=1S/C20H22Cl2FN3O2/c21-15-7-4-8-17(23)14(15)11-24-18-10-13(9-16(22)19(18)27)26-20(28)25-12-5-2-1-3-6-12/h4,7-10,12,24,27H,1-3,5-6,11H2,(H2,25,26,28). The van der Waals surface area contributed by atoms with E-state index >= 15 is 0 Å². The Morgan fingerprint density at radius 1 is 1.14 bits per heavy atom. The van der Waals surface area contributed by atoms with Gasteiger partial charge in [-0.15, -0.1) is 0 Å². The van der Waals surface area contributed by atoms with E-state index in [1.807, 2.05) is 0 Å². The third-order valence-corrected chi connectivity index (χ3v) is 5.42. The summed E-state index contributed by atoms with van der Waals surface area (Å²) in [5.41, 5.74) is 0.950. The molecule has 0 aromatic heterocycles. The molecular formula is C20H22Cl2FN3O2. The van der Waals surface area contributed by atoms with Crippen LogP contribution >= 0.6 is 23.2 Å². The lowest BCUT2D eigenvalue weighted by Crippen LogP contribution is -2.39. The van der Waals surface area contributed by atoms with Crippen molar-refractivity contribution >= 4 is 40.6 Å². The molecule has 3 rings (SSSR count). The van der Waals surface area contributed by atoms with Crippen LogP contribution in [0.4, 0.5) is 20.6 Å². The smallest absolute Gasteiger partial charge is 0.319 e. The van der Waals surface area contributed by atoms with Gasteiger partial charge < -0.3 is 21.1 Å². The van der Waals surface area contributed by atoms with E-state index in [9.17, 15) is 14.3 Å². The average Bonchev–Trinajstić information content (AvgIpc) is 2.65. The van der Waals surface area contributed by atoms with Crippen LogP contribution in [0.2, 0.25) is 10.0 Å². The summed E-state index contributed by atoms with van der Waals surface area (Å²) in [7, 11) is 0. The zero-order valence-corrected chi connectivity index (χ0v) is 16.7. The molecule has 0 heterocycles. The van der Waals surface area contributed by atoms with Gasteiger partial charge in [-0.3, -0.25) is 0 Å². The molecule has 4 N–H and O–H groups in total. The summed E-state index contributed by atoms with van der Waals surface area (Å²) < 4.78 is 13.9. The van der Waals surface area contributed by atoms with Crippen molar-refractivity contribution in [3.8, 4) is 5.75 Å². The van der Waals surface area contributed by atoms with Gasteiger partial charge >= 0.3 is 6.03 Å². The van der Waals surface area contributed by atoms with Crippen LogP contribution in [0.25, 0.3) is 0 Å². The molecule has 0 radical (unpaired) electrons. The number of phenols is 1. The fourth-order valence-corrected chi connectivity index (χ4v) is 3.74. The quantitative estimate of drug-likeness (QED) is 0.355. The van der Waals surface area contributed by atoms with E-state index in [0.717, 1.165) is 25.7 Å². The maximum atomic E-state index is 13.9. The Hall–Kier alpha value is -2.18. The van der Waals surface area contributed by atoms with Crippen molar-refractivity contribution in [1.29, 1.82) is 0 Å². The van der Waals surface area contributed by atoms with Crippen molar-refractivity contribution in [1.82, 2.24) is 5.32 Å². The Kier molecular flexibility index (Phi) is 6.86. The second-order valence-corrected chi connectivity index (χ2v) is 7.66. The minimum atomic E-state index is -0.452. The molecule has 1 aliphatic carbocycles. The number of nitrogens with one attached hydrogen (secondary N) is 3. The third kappa shape index (κ3) is 5.20. The highest BCUT2D eigenvalue weighted by molar-refractivity contribution is 6.33. The molecule has 0 saturated heterocycles. The highest BCUT2D eigenvalue weighted by atomic mass is 35.5. The first-order valence-corrected chi connectivity index (χ1v) is 9.96. The summed E-state index contributed by atoms with van der Waals surface area (Å²) in [5.74, 6) is -0.640. The average molecular weight is 426 g/mol. The molecule has 2 aromatic rings. The van der Waals surface area contributed by atoms with Gasteiger partial charge in [0.25, 0.3) is 0 Å². The van der Waals surface area contributed by atoms with Gasteiger partial charge in [-0.05, 0) is 37.1 Å². The molecular weight excluding hydrogens is 404 g/mol. The number of hydrogen-bond acceptors (Lipinski definition) is 3. The van der Waals surface area contributed by atoms with Gasteiger partial charge in [0, 0.05) is 28.9 Å². The molecule has 0 bridgehead atoms. The van der Waals surface area contributed by atoms with Crippen molar-refractivity contribution in [3.05, 3.63) is 51.8 Å². The van der Waals surface area contributed by atoms with Crippen molar-refractivity contribution in [2.24, 2.45) is 0 Å². The lowest BCUT2D eigenvalue weighted by atomic mass is 9.96. The molecule has 0 unspecified atom stereocenters. The summed E-state index contributed by atoms with van der Waals surface area (Å²) in [4.78, 5) is 12.2. The predicted molar refractivity (Wildman–Crippen MR) is 111 cm³/mol. The number of urea groups is 1. The lowest BCUT2D eigenvalue weighted by Gasteiger charge is -2.23. The summed E-state index contributed by atoms with van der Waals surface area (Å²) in [6.07, 6.45) is 5.37. The monoisotopic (exact) mass is 425 g/mol. The van der Waals surface area contributed by atoms with E-state index in [4.69, 9.17) is 23.2 Å². The minimum Gasteiger partial charge on any atom is -0.504 e. The summed E-state index contributed by atoms with van der Waals surface area (Å²) >= 11 is 12.1. The number of hydrogen-bond donors (Lipinski definition) is 4. The fraction of sp³-hybridized carbons (Fsp3) is 0.350. The first-order chi connectivity index (χ1) is 13.4. The molecule has 1 saturated carbocycles. The van der Waals surface area contributed by atoms with E-state index in [1.165, 1.54) is 30.7 Å². The lowest BCUT2D eigenvalue weighted by molar-refractivity contribution is 0.244. The first-order valence-electron chi connectivity index (χ1n) is 9.21. The molecule has 28 heavy (non-hydrogen) atoms. The largest absolute Gasteiger partial charge is 0.504 e. The van der Waals surface area contributed by atoms with E-state index in [0.29, 0.717) is 5.69 Å². The Balaban J connectivity index is 1.68. The van der Waals surface area contributed by atoms with Crippen LogP contribution in [0.1, 0.15) is 37.7 Å². The van der Waals surface area contributed by atoms with Gasteiger partial charge in [0.2, 0.25) is 0 Å². The van der Waals surface area contributed by atoms with Gasteiger partial charge in [-0.1, -0.05) is 48.5 Å². The number of benzene rings is 2. The van der Waals surface area contributed by atoms with Crippen molar-refractivity contribution in [3.63, 3.8) is 0 Å². The second-order valence-electron chi connectivity index (χ2n) is 6.84. The number of aromatic hydroxyl groups is 1. The fourth-order valence-electron chi connectivity index (χ4n) is 3.29. The highest BCUT2D eigenvalue weighted by Crippen LogP contribution is 2.36. The van der Waals surface area contributed by atoms with Gasteiger partial charge in [0.15, 0.2) is 5.75 Å². The molecule has 150 valence electrons. The zero-order valence-electron chi connectivity index (χ0n) is 15.2. The van der Waals surface area contributed by atoms with E-state index in [2.05, 4.69) is 16.0 Å². The van der Waals surface area contributed by atoms with E-state index in [1.54, 1.807) is 6.07 Å². The molecule has 2 amide bonds. The number of anilines is 2. The first kappa shape index (κ1) is 20.6. The number of rotatable bonds is 5. The van der Waals surface area contributed by atoms with E-state index in [-0.39, 0.29) is 45.7 Å². The van der Waals surface area contributed by atoms with Crippen LogP contribution < -0.4 is 16.0 Å². The maximum absolute atomic E-state index is 13.9. The highest BCUT2D eigenvalue weighted by Gasteiger charge is 2.17. The van der Waals surface area contributed by atoms with Gasteiger partial charge in [-0.25, -0.2) is 9.18 Å². The molecule has 0 aliphatic heterocycles. The molecule has 8 heteroatoms. The van der Waals surface area contributed by atoms with Crippen LogP contribution in [0.3, 0.4) is 0 Å². The van der Waals surface area contributed by atoms with Crippen LogP contribution in [0.15, 0.2) is 30.3 Å². The van der Waals surface area contributed by atoms with Gasteiger partial charge in [0.05, 0.1) is 10.7 Å². The second kappa shape index (κ2) is 9.34. The summed E-state index contributed by atoms with van der Waals surface area (Å²) in [6, 6.07) is 7.25. The Morgan fingerprint density at radius 3 is 2.61 bits per heavy atom. The SMILES string of the molecule is O=C(Nc1cc(Cl)c(O)c(NCc2c(F)cccc2Cl)c1)NC1CCCCC1. The molecule has 0 atom stereocenters. The Labute approximate surface area is 173 Å². The minimum absolute atomic E-state index is 0.0487. The molecule has 1 aliphatic rings. The molecule has 1 fully saturated rings. The number of amides is 2. The zero-order chi connectivity index (χ0) is 20.1. The predicted octanol–water partition coefficient (Wildman–Crippen LogP) is 5.90. The van der Waals surface area contributed by atoms with Crippen LogP contribution in [0, 0.1) is 5.82 Å². The normalized spacial score (nSPS) is 14.5. The number of halogens is 3. The topological polar surface area (TPSA) is 73.4 Å². The number of carbonyl (C=O) groups is 1. The molecule has 5 nitrogen and oxygen atoms in total. The van der Waals surface area contributed by atoms with Gasteiger partial charge in [-0.2, -0.15) is 0 Å². The third-order valence-electron chi connectivity index (χ3n) is 4.78. The van der Waals surface area contributed by atoms with Crippen LogP contribution in [0.5, 0.6) is 5.75 Å². The summed E-state index contributed by atoms with van der Waals surface area (Å²) in [5, 5.41) is 19.1. The molecule has 2 aromatic carbocycles. The Bertz CT molecular complexity index is 837. The molecule has 0 spiro atoms. The van der Waals surface area contributed by atoms with Crippen molar-refractivity contribution in [2.75, 3.05) is 10.6 Å². The number of carbonyl (C=O) groups excluding carboxylic acids is 1. The van der Waals surface area contributed by atoms with Crippen molar-refractivity contribution in [2.45, 2.75) is 44.7 Å². The Morgan fingerprint density at radius 2 is 1.89 bits per heavy atom. The van der Waals surface area contributed by atoms with Gasteiger partial charge in [0.1, 0.15) is 5.82 Å². The number of phenolic OH excluding ortho intramolecular Hbond substituents is 1.